The Morgan fingerprint density at radius 2 is 2.44 bits per heavy atom. The second-order valence-electron chi connectivity index (χ2n) is 5.30. The third kappa shape index (κ3) is 3.22. The van der Waals surface area contributed by atoms with Gasteiger partial charge in [-0.05, 0) is 32.8 Å². The van der Waals surface area contributed by atoms with Gasteiger partial charge >= 0.3 is 6.09 Å². The van der Waals surface area contributed by atoms with Crippen molar-refractivity contribution in [2.75, 3.05) is 13.2 Å². The van der Waals surface area contributed by atoms with Crippen molar-refractivity contribution in [2.45, 2.75) is 38.9 Å². The first kappa shape index (κ1) is 12.9. The van der Waals surface area contributed by atoms with E-state index in [1.54, 1.807) is 6.20 Å². The molecule has 2 heterocycles. The molecule has 1 atom stereocenters. The smallest absolute Gasteiger partial charge is 0.407 e. The van der Waals surface area contributed by atoms with E-state index in [0.717, 1.165) is 17.7 Å². The first-order chi connectivity index (χ1) is 8.46. The Kier molecular flexibility index (Phi) is 3.56. The highest BCUT2D eigenvalue weighted by Crippen LogP contribution is 2.23. The van der Waals surface area contributed by atoms with E-state index in [0.29, 0.717) is 13.2 Å². The minimum Gasteiger partial charge on any atom is -0.444 e. The molecule has 1 amide bonds. The van der Waals surface area contributed by atoms with Crippen LogP contribution in [-0.2, 0) is 15.9 Å². The van der Waals surface area contributed by atoms with Crippen molar-refractivity contribution in [3.8, 4) is 0 Å². The molecule has 0 radical (unpaired) electrons. The number of rotatable bonds is 2. The maximum atomic E-state index is 11.5. The lowest BCUT2D eigenvalue weighted by atomic mass is 10.1. The normalized spacial score (nSPS) is 19.2. The van der Waals surface area contributed by atoms with E-state index in [4.69, 9.17) is 9.47 Å². The standard InChI is InChI=1S/C12H19N3O3/c1-12(2,3)18-11(16)13-7-9-10-8(4-5-17-9)6-14-15-10/h6,9H,4-5,7H2,1-3H3,(H,13,16)(H,14,15)/t9-/m0/s1. The number of carbonyl (C=O) groups is 1. The van der Waals surface area contributed by atoms with Gasteiger partial charge in [0.05, 0.1) is 25.0 Å². The van der Waals surface area contributed by atoms with Crippen molar-refractivity contribution < 1.29 is 14.3 Å². The van der Waals surface area contributed by atoms with Crippen molar-refractivity contribution in [3.05, 3.63) is 17.5 Å². The Morgan fingerprint density at radius 3 is 3.17 bits per heavy atom. The highest BCUT2D eigenvalue weighted by Gasteiger charge is 2.24. The van der Waals surface area contributed by atoms with Crippen LogP contribution in [0.2, 0.25) is 0 Å². The molecule has 0 unspecified atom stereocenters. The quantitative estimate of drug-likeness (QED) is 0.838. The van der Waals surface area contributed by atoms with E-state index in [1.807, 2.05) is 20.8 Å². The maximum Gasteiger partial charge on any atom is 0.407 e. The predicted molar refractivity (Wildman–Crippen MR) is 65.2 cm³/mol. The van der Waals surface area contributed by atoms with Crippen molar-refractivity contribution in [1.29, 1.82) is 0 Å². The molecule has 2 N–H and O–H groups in total. The van der Waals surface area contributed by atoms with E-state index in [2.05, 4.69) is 15.5 Å². The Balaban J connectivity index is 1.87. The number of alkyl carbamates (subject to hydrolysis) is 1. The fourth-order valence-electron chi connectivity index (χ4n) is 1.84. The molecular formula is C12H19N3O3. The third-order valence-electron chi connectivity index (χ3n) is 2.59. The average molecular weight is 253 g/mol. The summed E-state index contributed by atoms with van der Waals surface area (Å²) in [6.45, 7) is 6.52. The highest BCUT2D eigenvalue weighted by molar-refractivity contribution is 5.67. The fraction of sp³-hybridized carbons (Fsp3) is 0.667. The molecule has 0 bridgehead atoms. The first-order valence-electron chi connectivity index (χ1n) is 6.06. The predicted octanol–water partition coefficient (Wildman–Crippen LogP) is 1.55. The molecule has 6 nitrogen and oxygen atoms in total. The van der Waals surface area contributed by atoms with Gasteiger partial charge in [0.25, 0.3) is 0 Å². The molecule has 1 aromatic rings. The van der Waals surface area contributed by atoms with Crippen LogP contribution in [0.1, 0.15) is 38.1 Å². The molecule has 0 aromatic carbocycles. The van der Waals surface area contributed by atoms with Crippen LogP contribution >= 0.6 is 0 Å². The van der Waals surface area contributed by atoms with E-state index >= 15 is 0 Å². The fourth-order valence-corrected chi connectivity index (χ4v) is 1.84. The van der Waals surface area contributed by atoms with Gasteiger partial charge in [-0.3, -0.25) is 5.10 Å². The average Bonchev–Trinajstić information content (AvgIpc) is 2.72. The number of hydrogen-bond donors (Lipinski definition) is 2. The molecule has 0 aliphatic carbocycles. The number of H-pyrrole nitrogens is 1. The van der Waals surface area contributed by atoms with Gasteiger partial charge in [0.2, 0.25) is 0 Å². The van der Waals surface area contributed by atoms with Crippen LogP contribution in [0.3, 0.4) is 0 Å². The molecular weight excluding hydrogens is 234 g/mol. The molecule has 1 aromatic heterocycles. The Morgan fingerprint density at radius 1 is 1.67 bits per heavy atom. The summed E-state index contributed by atoms with van der Waals surface area (Å²) >= 11 is 0. The molecule has 2 rings (SSSR count). The Hall–Kier alpha value is -1.56. The minimum atomic E-state index is -0.489. The van der Waals surface area contributed by atoms with Gasteiger partial charge in [0, 0.05) is 0 Å². The van der Waals surface area contributed by atoms with Gasteiger partial charge in [0.15, 0.2) is 0 Å². The molecule has 100 valence electrons. The number of fused-ring (bicyclic) bond motifs is 1. The second-order valence-corrected chi connectivity index (χ2v) is 5.30. The molecule has 18 heavy (non-hydrogen) atoms. The van der Waals surface area contributed by atoms with Gasteiger partial charge in [-0.25, -0.2) is 4.79 Å². The van der Waals surface area contributed by atoms with E-state index < -0.39 is 11.7 Å². The minimum absolute atomic E-state index is 0.177. The van der Waals surface area contributed by atoms with Crippen LogP contribution in [0.5, 0.6) is 0 Å². The number of ether oxygens (including phenoxy) is 2. The maximum absolute atomic E-state index is 11.5. The molecule has 0 saturated heterocycles. The lowest BCUT2D eigenvalue weighted by molar-refractivity contribution is 0.0272. The van der Waals surface area contributed by atoms with Crippen LogP contribution in [-0.4, -0.2) is 35.0 Å². The topological polar surface area (TPSA) is 76.2 Å². The van der Waals surface area contributed by atoms with Gasteiger partial charge < -0.3 is 14.8 Å². The van der Waals surface area contributed by atoms with Crippen molar-refractivity contribution in [1.82, 2.24) is 15.5 Å². The van der Waals surface area contributed by atoms with Gasteiger partial charge in [-0.1, -0.05) is 0 Å². The van der Waals surface area contributed by atoms with Crippen molar-refractivity contribution in [3.63, 3.8) is 0 Å². The zero-order chi connectivity index (χ0) is 13.2. The van der Waals surface area contributed by atoms with Crippen LogP contribution in [0.25, 0.3) is 0 Å². The number of nitrogens with one attached hydrogen (secondary N) is 2. The summed E-state index contributed by atoms with van der Waals surface area (Å²) in [7, 11) is 0. The lowest BCUT2D eigenvalue weighted by Gasteiger charge is -2.24. The molecule has 1 aliphatic heterocycles. The summed E-state index contributed by atoms with van der Waals surface area (Å²) in [6, 6.07) is 0. The van der Waals surface area contributed by atoms with E-state index in [-0.39, 0.29) is 6.10 Å². The largest absolute Gasteiger partial charge is 0.444 e. The highest BCUT2D eigenvalue weighted by atomic mass is 16.6. The van der Waals surface area contributed by atoms with Gasteiger partial charge in [-0.2, -0.15) is 5.10 Å². The summed E-state index contributed by atoms with van der Waals surface area (Å²) in [5.74, 6) is 0. The van der Waals surface area contributed by atoms with E-state index in [9.17, 15) is 4.79 Å². The number of hydrogen-bond acceptors (Lipinski definition) is 4. The zero-order valence-corrected chi connectivity index (χ0v) is 10.9. The van der Waals surface area contributed by atoms with Crippen LogP contribution in [0, 0.1) is 0 Å². The van der Waals surface area contributed by atoms with Gasteiger partial charge in [0.1, 0.15) is 11.7 Å². The monoisotopic (exact) mass is 253 g/mol. The summed E-state index contributed by atoms with van der Waals surface area (Å²) in [4.78, 5) is 11.5. The Labute approximate surface area is 106 Å². The number of amides is 1. The van der Waals surface area contributed by atoms with Gasteiger partial charge in [-0.15, -0.1) is 0 Å². The first-order valence-corrected chi connectivity index (χ1v) is 6.06. The lowest BCUT2D eigenvalue weighted by Crippen LogP contribution is -2.36. The van der Waals surface area contributed by atoms with Crippen molar-refractivity contribution in [2.24, 2.45) is 0 Å². The number of nitrogens with zero attached hydrogens (tertiary/aromatic N) is 1. The summed E-state index contributed by atoms with van der Waals surface area (Å²) < 4.78 is 10.8. The summed E-state index contributed by atoms with van der Waals surface area (Å²) in [5, 5.41) is 9.61. The number of aromatic nitrogens is 2. The zero-order valence-electron chi connectivity index (χ0n) is 10.9. The molecule has 0 spiro atoms. The van der Waals surface area contributed by atoms with Crippen LogP contribution in [0.15, 0.2) is 6.20 Å². The number of aromatic amines is 1. The molecule has 0 saturated carbocycles. The summed E-state index contributed by atoms with van der Waals surface area (Å²) in [5.41, 5.74) is 1.60. The second kappa shape index (κ2) is 4.97. The third-order valence-corrected chi connectivity index (χ3v) is 2.59. The molecule has 1 aliphatic rings. The van der Waals surface area contributed by atoms with E-state index in [1.165, 1.54) is 0 Å². The Bertz CT molecular complexity index is 422. The molecule has 0 fully saturated rings. The van der Waals surface area contributed by atoms with Crippen molar-refractivity contribution >= 4 is 6.09 Å². The summed E-state index contributed by atoms with van der Waals surface area (Å²) in [6.07, 6.45) is 2.05. The van der Waals surface area contributed by atoms with Crippen LogP contribution in [0.4, 0.5) is 4.79 Å². The number of carbonyl (C=O) groups excluding carboxylic acids is 1. The SMILES string of the molecule is CC(C)(C)OC(=O)NC[C@@H]1OCCc2cn[nH]c21. The van der Waals surface area contributed by atoms with Crippen LogP contribution < -0.4 is 5.32 Å². The molecule has 6 heteroatoms.